The van der Waals surface area contributed by atoms with Crippen LogP contribution in [0.25, 0.3) is 11.3 Å². The van der Waals surface area contributed by atoms with Crippen LogP contribution in [0.4, 0.5) is 31.1 Å². The Morgan fingerprint density at radius 3 is 2.16 bits per heavy atom. The molecule has 2 atom stereocenters. The average Bonchev–Trinajstić information content (AvgIpc) is 3.16. The molecule has 2 aromatic rings. The first-order chi connectivity index (χ1) is 17.0. The maximum absolute atomic E-state index is 13.6. The Morgan fingerprint density at radius 2 is 1.62 bits per heavy atom. The van der Waals surface area contributed by atoms with Crippen molar-refractivity contribution >= 4 is 12.0 Å². The molecule has 1 aliphatic rings. The van der Waals surface area contributed by atoms with Gasteiger partial charge in [-0.25, -0.2) is 14.8 Å². The molecule has 8 nitrogen and oxygen atoms in total. The van der Waals surface area contributed by atoms with Crippen molar-refractivity contribution in [1.29, 1.82) is 0 Å². The highest BCUT2D eigenvalue weighted by atomic mass is 19.4. The summed E-state index contributed by atoms with van der Waals surface area (Å²) in [7, 11) is 0. The molecule has 0 bridgehead atoms. The van der Waals surface area contributed by atoms with E-state index in [9.17, 15) is 35.9 Å². The third kappa shape index (κ3) is 6.86. The standard InChI is InChI=1S/C23H25F6N5O3/c1-12-5-6-17(34(12)20(36)37-21(2,3)4)18(35)31-8-13-7-16(30-11-15(13)22(24,25)26)14-9-32-19(33-10-14)23(27,28)29/h7,9-12,17H,5-6,8H2,1-4H3,(H,31,35)/t12?,17-/m0/s1. The molecule has 2 aromatic heterocycles. The maximum Gasteiger partial charge on any atom is 0.451 e. The smallest absolute Gasteiger partial charge is 0.444 e. The highest BCUT2D eigenvalue weighted by Gasteiger charge is 2.41. The van der Waals surface area contributed by atoms with Gasteiger partial charge in [-0.3, -0.25) is 14.7 Å². The van der Waals surface area contributed by atoms with Gasteiger partial charge < -0.3 is 10.1 Å². The summed E-state index contributed by atoms with van der Waals surface area (Å²) in [6.45, 7) is 6.17. The number of amides is 2. The second kappa shape index (κ2) is 10.1. The summed E-state index contributed by atoms with van der Waals surface area (Å²) in [5.74, 6) is -2.07. The van der Waals surface area contributed by atoms with Gasteiger partial charge in [0.2, 0.25) is 11.7 Å². The molecule has 3 heterocycles. The van der Waals surface area contributed by atoms with Gasteiger partial charge in [0.1, 0.15) is 11.6 Å². The zero-order chi connectivity index (χ0) is 27.8. The Kier molecular flexibility index (Phi) is 7.70. The number of alkyl halides is 6. The first-order valence-electron chi connectivity index (χ1n) is 11.2. The third-order valence-electron chi connectivity index (χ3n) is 5.52. The Morgan fingerprint density at radius 1 is 1.00 bits per heavy atom. The molecule has 202 valence electrons. The van der Waals surface area contributed by atoms with Gasteiger partial charge in [-0.1, -0.05) is 0 Å². The summed E-state index contributed by atoms with van der Waals surface area (Å²) in [6.07, 6.45) is -7.39. The van der Waals surface area contributed by atoms with Crippen LogP contribution < -0.4 is 5.32 Å². The predicted octanol–water partition coefficient (Wildman–Crippen LogP) is 4.98. The van der Waals surface area contributed by atoms with Crippen molar-refractivity contribution in [3.8, 4) is 11.3 Å². The summed E-state index contributed by atoms with van der Waals surface area (Å²) in [5, 5.41) is 2.43. The monoisotopic (exact) mass is 533 g/mol. The normalized spacial score (nSPS) is 18.6. The minimum absolute atomic E-state index is 0.0463. The Balaban J connectivity index is 1.83. The number of nitrogens with one attached hydrogen (secondary N) is 1. The number of rotatable bonds is 4. The molecule has 1 N–H and O–H groups in total. The summed E-state index contributed by atoms with van der Waals surface area (Å²) < 4.78 is 84.3. The first kappa shape index (κ1) is 28.1. The molecule has 0 aliphatic carbocycles. The quantitative estimate of drug-likeness (QED) is 0.557. The van der Waals surface area contributed by atoms with Crippen molar-refractivity contribution < 1.29 is 40.7 Å². The predicted molar refractivity (Wildman–Crippen MR) is 118 cm³/mol. The van der Waals surface area contributed by atoms with Crippen LogP contribution in [0.5, 0.6) is 0 Å². The van der Waals surface area contributed by atoms with Crippen molar-refractivity contribution in [1.82, 2.24) is 25.2 Å². The van der Waals surface area contributed by atoms with Crippen LogP contribution in [0.2, 0.25) is 0 Å². The Labute approximate surface area is 208 Å². The fraction of sp³-hybridized carbons (Fsp3) is 0.522. The van der Waals surface area contributed by atoms with E-state index in [0.717, 1.165) is 18.5 Å². The molecule has 0 saturated carbocycles. The van der Waals surface area contributed by atoms with Gasteiger partial charge in [0, 0.05) is 36.7 Å². The van der Waals surface area contributed by atoms with Crippen LogP contribution in [0.3, 0.4) is 0 Å². The fourth-order valence-electron chi connectivity index (χ4n) is 3.83. The van der Waals surface area contributed by atoms with E-state index < -0.39 is 53.9 Å². The topological polar surface area (TPSA) is 97.3 Å². The van der Waals surface area contributed by atoms with E-state index in [2.05, 4.69) is 20.3 Å². The number of halogens is 6. The highest BCUT2D eigenvalue weighted by molar-refractivity contribution is 5.86. The molecule has 2 amide bonds. The molecule has 3 rings (SSSR count). The number of hydrogen-bond donors (Lipinski definition) is 1. The van der Waals surface area contributed by atoms with Gasteiger partial charge in [0.05, 0.1) is 11.3 Å². The minimum atomic E-state index is -4.81. The average molecular weight is 533 g/mol. The molecule has 1 aliphatic heterocycles. The van der Waals surface area contributed by atoms with E-state index in [1.807, 2.05) is 0 Å². The lowest BCUT2D eigenvalue weighted by atomic mass is 10.1. The molecule has 1 fully saturated rings. The van der Waals surface area contributed by atoms with E-state index in [0.29, 0.717) is 19.0 Å². The molecular weight excluding hydrogens is 508 g/mol. The second-order valence-corrected chi connectivity index (χ2v) is 9.57. The van der Waals surface area contributed by atoms with Gasteiger partial charge in [0.15, 0.2) is 0 Å². The zero-order valence-electron chi connectivity index (χ0n) is 20.4. The van der Waals surface area contributed by atoms with Crippen molar-refractivity contribution in [3.63, 3.8) is 0 Å². The molecule has 0 radical (unpaired) electrons. The number of carbonyl (C=O) groups excluding carboxylic acids is 2. The number of nitrogens with zero attached hydrogens (tertiary/aromatic N) is 4. The second-order valence-electron chi connectivity index (χ2n) is 9.57. The fourth-order valence-corrected chi connectivity index (χ4v) is 3.83. The lowest BCUT2D eigenvalue weighted by Gasteiger charge is -2.30. The number of ether oxygens (including phenoxy) is 1. The van der Waals surface area contributed by atoms with E-state index in [1.54, 1.807) is 27.7 Å². The van der Waals surface area contributed by atoms with Gasteiger partial charge >= 0.3 is 18.4 Å². The maximum atomic E-state index is 13.6. The molecule has 1 saturated heterocycles. The zero-order valence-corrected chi connectivity index (χ0v) is 20.4. The van der Waals surface area contributed by atoms with Gasteiger partial charge in [-0.05, 0) is 52.2 Å². The van der Waals surface area contributed by atoms with Crippen molar-refractivity contribution in [3.05, 3.63) is 41.6 Å². The largest absolute Gasteiger partial charge is 0.451 e. The lowest BCUT2D eigenvalue weighted by molar-refractivity contribution is -0.145. The Hall–Kier alpha value is -3.45. The van der Waals surface area contributed by atoms with Crippen LogP contribution in [-0.4, -0.2) is 49.5 Å². The van der Waals surface area contributed by atoms with E-state index >= 15 is 0 Å². The van der Waals surface area contributed by atoms with Crippen LogP contribution in [-0.2, 0) is 28.4 Å². The summed E-state index contributed by atoms with van der Waals surface area (Å²) in [4.78, 5) is 36.9. The SMILES string of the molecule is CC1CC[C@@H](C(=O)NCc2cc(-c3cnc(C(F)(F)F)nc3)ncc2C(F)(F)F)N1C(=O)OC(C)(C)C. The van der Waals surface area contributed by atoms with Crippen LogP contribution >= 0.6 is 0 Å². The third-order valence-corrected chi connectivity index (χ3v) is 5.52. The summed E-state index contributed by atoms with van der Waals surface area (Å²) in [5.41, 5.74) is -2.48. The van der Waals surface area contributed by atoms with Crippen LogP contribution in [0.15, 0.2) is 24.7 Å². The highest BCUT2D eigenvalue weighted by Crippen LogP contribution is 2.34. The molecule has 37 heavy (non-hydrogen) atoms. The van der Waals surface area contributed by atoms with Crippen LogP contribution in [0, 0.1) is 0 Å². The molecular formula is C23H25F6N5O3. The van der Waals surface area contributed by atoms with Crippen molar-refractivity contribution in [2.24, 2.45) is 0 Å². The number of hydrogen-bond acceptors (Lipinski definition) is 6. The van der Waals surface area contributed by atoms with E-state index in [4.69, 9.17) is 4.74 Å². The number of pyridine rings is 1. The van der Waals surface area contributed by atoms with E-state index in [1.165, 1.54) is 4.90 Å². The summed E-state index contributed by atoms with van der Waals surface area (Å²) in [6, 6.07) is -0.259. The first-order valence-corrected chi connectivity index (χ1v) is 11.2. The van der Waals surface area contributed by atoms with Crippen molar-refractivity contribution in [2.45, 2.75) is 77.1 Å². The Bertz CT molecular complexity index is 1150. The number of likely N-dealkylation sites (tertiary alicyclic amines) is 1. The number of carbonyl (C=O) groups is 2. The molecule has 1 unspecified atom stereocenters. The number of aromatic nitrogens is 3. The van der Waals surface area contributed by atoms with Crippen molar-refractivity contribution in [2.75, 3.05) is 0 Å². The van der Waals surface area contributed by atoms with Crippen LogP contribution in [0.1, 0.15) is 57.5 Å². The molecule has 0 aromatic carbocycles. The molecule has 0 spiro atoms. The van der Waals surface area contributed by atoms with Gasteiger partial charge in [-0.15, -0.1) is 0 Å². The lowest BCUT2D eigenvalue weighted by Crippen LogP contribution is -2.49. The summed E-state index contributed by atoms with van der Waals surface area (Å²) >= 11 is 0. The van der Waals surface area contributed by atoms with Gasteiger partial charge in [-0.2, -0.15) is 26.3 Å². The molecule has 14 heteroatoms. The minimum Gasteiger partial charge on any atom is -0.444 e. The van der Waals surface area contributed by atoms with E-state index in [-0.39, 0.29) is 22.9 Å². The van der Waals surface area contributed by atoms with Gasteiger partial charge in [0.25, 0.3) is 0 Å².